The van der Waals surface area contributed by atoms with Gasteiger partial charge in [0, 0.05) is 5.56 Å². The lowest BCUT2D eigenvalue weighted by Gasteiger charge is -2.03. The van der Waals surface area contributed by atoms with Gasteiger partial charge in [0.15, 0.2) is 4.77 Å². The minimum atomic E-state index is -0.394. The first-order valence-electron chi connectivity index (χ1n) is 4.71. The van der Waals surface area contributed by atoms with Crippen molar-refractivity contribution in [2.45, 2.75) is 0 Å². The van der Waals surface area contributed by atoms with Crippen LogP contribution in [0.15, 0.2) is 23.0 Å². The maximum absolute atomic E-state index is 11.5. The number of rotatable bonds is 2. The van der Waals surface area contributed by atoms with Crippen molar-refractivity contribution in [3.63, 3.8) is 0 Å². The first kappa shape index (κ1) is 11.5. The molecule has 0 aliphatic rings. The number of amides is 1. The number of hydroxylamine groups is 1. The largest absolute Gasteiger partial charge is 0.332 e. The molecule has 1 aromatic carbocycles. The van der Waals surface area contributed by atoms with E-state index >= 15 is 0 Å². The van der Waals surface area contributed by atoms with Gasteiger partial charge in [0.1, 0.15) is 0 Å². The van der Waals surface area contributed by atoms with Gasteiger partial charge in [-0.15, -0.1) is 0 Å². The summed E-state index contributed by atoms with van der Waals surface area (Å²) >= 11 is 4.85. The van der Waals surface area contributed by atoms with Crippen molar-refractivity contribution in [1.82, 2.24) is 15.4 Å². The summed E-state index contributed by atoms with van der Waals surface area (Å²) < 4.78 is 0.215. The van der Waals surface area contributed by atoms with Crippen LogP contribution in [0.5, 0.6) is 0 Å². The Hall–Kier alpha value is -1.99. The highest BCUT2D eigenvalue weighted by Crippen LogP contribution is 2.09. The van der Waals surface area contributed by atoms with E-state index in [4.69, 9.17) is 12.2 Å². The summed E-state index contributed by atoms with van der Waals surface area (Å²) in [6, 6.07) is 4.61. The summed E-state index contributed by atoms with van der Waals surface area (Å²) in [6.45, 7) is 0. The number of aromatic nitrogens is 2. The molecule has 0 atom stereocenters. The minimum Gasteiger partial charge on any atom is -0.332 e. The molecule has 1 heterocycles. The third-order valence-corrected chi connectivity index (χ3v) is 2.40. The standard InChI is InChI=1S/C10H9N3O3S/c1-16-13-8(14)5-2-3-6-7(4-5)11-10(17)12-9(6)15/h2-4H,1H3,(H,13,14)(H2,11,12,15,17). The van der Waals surface area contributed by atoms with Gasteiger partial charge in [0.25, 0.3) is 11.5 Å². The smallest absolute Gasteiger partial charge is 0.274 e. The van der Waals surface area contributed by atoms with Gasteiger partial charge in [-0.1, -0.05) is 0 Å². The van der Waals surface area contributed by atoms with Crippen LogP contribution in [-0.4, -0.2) is 23.0 Å². The van der Waals surface area contributed by atoms with Gasteiger partial charge in [-0.3, -0.25) is 19.4 Å². The van der Waals surface area contributed by atoms with E-state index in [2.05, 4.69) is 20.3 Å². The molecule has 1 aromatic heterocycles. The number of nitrogens with one attached hydrogen (secondary N) is 3. The molecule has 0 saturated carbocycles. The fraction of sp³-hybridized carbons (Fsp3) is 0.100. The normalized spacial score (nSPS) is 10.4. The maximum atomic E-state index is 11.5. The molecule has 88 valence electrons. The molecule has 0 saturated heterocycles. The Morgan fingerprint density at radius 1 is 1.41 bits per heavy atom. The lowest BCUT2D eigenvalue weighted by atomic mass is 10.1. The zero-order valence-electron chi connectivity index (χ0n) is 8.87. The van der Waals surface area contributed by atoms with Crippen molar-refractivity contribution in [3.05, 3.63) is 38.9 Å². The summed E-state index contributed by atoms with van der Waals surface area (Å²) in [5.41, 5.74) is 2.77. The number of H-pyrrole nitrogens is 2. The van der Waals surface area contributed by atoms with E-state index in [1.807, 2.05) is 0 Å². The van der Waals surface area contributed by atoms with E-state index in [9.17, 15) is 9.59 Å². The van der Waals surface area contributed by atoms with Crippen molar-refractivity contribution in [2.75, 3.05) is 7.11 Å². The SMILES string of the molecule is CONC(=O)c1ccc2c(=O)[nH]c(=S)[nH]c2c1. The molecule has 0 fully saturated rings. The van der Waals surface area contributed by atoms with Gasteiger partial charge in [-0.2, -0.15) is 0 Å². The predicted octanol–water partition coefficient (Wildman–Crippen LogP) is 0.877. The van der Waals surface area contributed by atoms with E-state index in [0.29, 0.717) is 16.5 Å². The molecule has 0 unspecified atom stereocenters. The van der Waals surface area contributed by atoms with Gasteiger partial charge in [-0.05, 0) is 30.4 Å². The summed E-state index contributed by atoms with van der Waals surface area (Å²) in [7, 11) is 1.34. The van der Waals surface area contributed by atoms with E-state index in [1.54, 1.807) is 6.07 Å². The first-order valence-corrected chi connectivity index (χ1v) is 5.12. The summed E-state index contributed by atoms with van der Waals surface area (Å²) in [6.07, 6.45) is 0. The van der Waals surface area contributed by atoms with Crippen LogP contribution in [0.2, 0.25) is 0 Å². The van der Waals surface area contributed by atoms with Crippen LogP contribution in [0, 0.1) is 4.77 Å². The summed E-state index contributed by atoms with van der Waals surface area (Å²) in [5.74, 6) is -0.394. The second kappa shape index (κ2) is 4.48. The third kappa shape index (κ3) is 2.24. The topological polar surface area (TPSA) is 87.0 Å². The zero-order chi connectivity index (χ0) is 12.4. The zero-order valence-corrected chi connectivity index (χ0v) is 9.68. The summed E-state index contributed by atoms with van der Waals surface area (Å²) in [5, 5.41) is 0.438. The van der Waals surface area contributed by atoms with Crippen molar-refractivity contribution < 1.29 is 9.63 Å². The number of carbonyl (C=O) groups is 1. The highest BCUT2D eigenvalue weighted by Gasteiger charge is 2.07. The quantitative estimate of drug-likeness (QED) is 0.546. The van der Waals surface area contributed by atoms with Crippen LogP contribution in [0.3, 0.4) is 0 Å². The number of fused-ring (bicyclic) bond motifs is 1. The number of hydrogen-bond acceptors (Lipinski definition) is 4. The van der Waals surface area contributed by atoms with E-state index in [0.717, 1.165) is 0 Å². The molecular formula is C10H9N3O3S. The van der Waals surface area contributed by atoms with Crippen LogP contribution in [0.1, 0.15) is 10.4 Å². The maximum Gasteiger partial charge on any atom is 0.274 e. The van der Waals surface area contributed by atoms with E-state index in [-0.39, 0.29) is 10.3 Å². The Labute approximate surface area is 101 Å². The Morgan fingerprint density at radius 2 is 2.18 bits per heavy atom. The van der Waals surface area contributed by atoms with Crippen molar-refractivity contribution in [1.29, 1.82) is 0 Å². The lowest BCUT2D eigenvalue weighted by molar-refractivity contribution is 0.0538. The fourth-order valence-corrected chi connectivity index (χ4v) is 1.67. The van der Waals surface area contributed by atoms with Crippen LogP contribution >= 0.6 is 12.2 Å². The van der Waals surface area contributed by atoms with Gasteiger partial charge in [0.05, 0.1) is 18.0 Å². The molecule has 1 amide bonds. The molecule has 2 aromatic rings. The number of benzene rings is 1. The van der Waals surface area contributed by atoms with Crippen LogP contribution in [0.4, 0.5) is 0 Å². The molecule has 0 aliphatic carbocycles. The highest BCUT2D eigenvalue weighted by atomic mass is 32.1. The first-order chi connectivity index (χ1) is 8.11. The lowest BCUT2D eigenvalue weighted by Crippen LogP contribution is -2.22. The molecule has 0 bridgehead atoms. The van der Waals surface area contributed by atoms with Crippen LogP contribution < -0.4 is 11.0 Å². The highest BCUT2D eigenvalue weighted by molar-refractivity contribution is 7.71. The third-order valence-electron chi connectivity index (χ3n) is 2.20. The molecule has 0 aliphatic heterocycles. The number of aromatic amines is 2. The molecule has 0 radical (unpaired) electrons. The monoisotopic (exact) mass is 251 g/mol. The van der Waals surface area contributed by atoms with Crippen LogP contribution in [-0.2, 0) is 4.84 Å². The Kier molecular flexibility index (Phi) is 3.03. The summed E-state index contributed by atoms with van der Waals surface area (Å²) in [4.78, 5) is 32.8. The molecule has 17 heavy (non-hydrogen) atoms. The Morgan fingerprint density at radius 3 is 2.88 bits per heavy atom. The minimum absolute atomic E-state index is 0.215. The second-order valence-electron chi connectivity index (χ2n) is 3.30. The van der Waals surface area contributed by atoms with E-state index in [1.165, 1.54) is 19.2 Å². The van der Waals surface area contributed by atoms with Crippen molar-refractivity contribution in [2.24, 2.45) is 0 Å². The molecular weight excluding hydrogens is 242 g/mol. The predicted molar refractivity (Wildman–Crippen MR) is 64.2 cm³/mol. The van der Waals surface area contributed by atoms with Gasteiger partial charge >= 0.3 is 0 Å². The Balaban J connectivity index is 2.62. The molecule has 2 rings (SSSR count). The molecule has 0 spiro atoms. The second-order valence-corrected chi connectivity index (χ2v) is 3.71. The Bertz CT molecular complexity index is 689. The van der Waals surface area contributed by atoms with Crippen LogP contribution in [0.25, 0.3) is 10.9 Å². The average Bonchev–Trinajstić information content (AvgIpc) is 2.28. The van der Waals surface area contributed by atoms with Crippen molar-refractivity contribution in [3.8, 4) is 0 Å². The molecule has 3 N–H and O–H groups in total. The van der Waals surface area contributed by atoms with Gasteiger partial charge in [-0.25, -0.2) is 5.48 Å². The van der Waals surface area contributed by atoms with Gasteiger partial charge in [0.2, 0.25) is 0 Å². The fourth-order valence-electron chi connectivity index (χ4n) is 1.46. The molecule has 6 nitrogen and oxygen atoms in total. The van der Waals surface area contributed by atoms with Crippen molar-refractivity contribution >= 4 is 29.0 Å². The van der Waals surface area contributed by atoms with Gasteiger partial charge < -0.3 is 4.98 Å². The van der Waals surface area contributed by atoms with E-state index < -0.39 is 5.91 Å². The number of carbonyl (C=O) groups excluding carboxylic acids is 1. The molecule has 7 heteroatoms. The average molecular weight is 251 g/mol. The number of hydrogen-bond donors (Lipinski definition) is 3.